The molecule has 0 radical (unpaired) electrons. The van der Waals surface area contributed by atoms with Crippen LogP contribution in [0.1, 0.15) is 21.5 Å². The van der Waals surface area contributed by atoms with Gasteiger partial charge in [-0.2, -0.15) is 0 Å². The maximum absolute atomic E-state index is 13.2. The molecule has 3 aromatic carbocycles. The average molecular weight is 487 g/mol. The van der Waals surface area contributed by atoms with Gasteiger partial charge in [-0.15, -0.1) is 0 Å². The molecule has 8 heteroatoms. The third-order valence-corrected chi connectivity index (χ3v) is 5.77. The van der Waals surface area contributed by atoms with Crippen molar-refractivity contribution in [3.8, 4) is 17.2 Å². The van der Waals surface area contributed by atoms with Crippen LogP contribution < -0.4 is 24.8 Å². The maximum atomic E-state index is 13.2. The molecule has 0 saturated carbocycles. The highest BCUT2D eigenvalue weighted by molar-refractivity contribution is 6.10. The minimum absolute atomic E-state index is 0.346. The zero-order valence-corrected chi connectivity index (χ0v) is 20.8. The number of benzene rings is 3. The number of hydrogen-bond donors (Lipinski definition) is 3. The lowest BCUT2D eigenvalue weighted by Crippen LogP contribution is -2.36. The number of hydrogen-bond acceptors (Lipinski definition) is 5. The normalized spacial score (nSPS) is 11.3. The number of H-pyrrole nitrogens is 1. The first kappa shape index (κ1) is 24.7. The molecule has 3 N–H and O–H groups in total. The topological polar surface area (TPSA) is 97.0 Å². The second-order valence-corrected chi connectivity index (χ2v) is 8.20. The minimum Gasteiger partial charge on any atom is -0.493 e. The van der Waals surface area contributed by atoms with E-state index < -0.39 is 0 Å². The standard InChI is InChI=1S/C28H30N4O4/c1-18-8-7-9-21(14-18)31-28(29-13-12-19-17-30-23-11-6-5-10-22(19)23)32-27(33)20-15-24(34-2)26(36-4)25(16-20)35-3/h5-11,14-17,30H,12-13H2,1-4H3,(H2,29,31,32,33). The summed E-state index contributed by atoms with van der Waals surface area (Å²) in [5, 5.41) is 7.31. The average Bonchev–Trinajstić information content (AvgIpc) is 3.30. The van der Waals surface area contributed by atoms with Crippen molar-refractivity contribution in [1.29, 1.82) is 0 Å². The van der Waals surface area contributed by atoms with E-state index in [1.807, 2.05) is 55.6 Å². The van der Waals surface area contributed by atoms with Crippen molar-refractivity contribution in [2.45, 2.75) is 13.3 Å². The Morgan fingerprint density at radius 1 is 0.944 bits per heavy atom. The van der Waals surface area contributed by atoms with Crippen molar-refractivity contribution in [3.05, 3.63) is 83.6 Å². The second kappa shape index (κ2) is 11.3. The van der Waals surface area contributed by atoms with Crippen molar-refractivity contribution in [2.75, 3.05) is 33.2 Å². The summed E-state index contributed by atoms with van der Waals surface area (Å²) in [7, 11) is 4.54. The zero-order valence-electron chi connectivity index (χ0n) is 20.8. The van der Waals surface area contributed by atoms with Gasteiger partial charge in [-0.05, 0) is 54.8 Å². The molecule has 0 aliphatic carbocycles. The van der Waals surface area contributed by atoms with Gasteiger partial charge in [0.1, 0.15) is 0 Å². The summed E-state index contributed by atoms with van der Waals surface area (Å²) in [6.45, 7) is 2.49. The van der Waals surface area contributed by atoms with Gasteiger partial charge in [-0.25, -0.2) is 0 Å². The predicted octanol–water partition coefficient (Wildman–Crippen LogP) is 4.94. The number of ether oxygens (including phenoxy) is 3. The van der Waals surface area contributed by atoms with Crippen molar-refractivity contribution in [3.63, 3.8) is 0 Å². The van der Waals surface area contributed by atoms with Crippen LogP contribution in [0.2, 0.25) is 0 Å². The van der Waals surface area contributed by atoms with Gasteiger partial charge in [0.25, 0.3) is 5.91 Å². The van der Waals surface area contributed by atoms with Crippen molar-refractivity contribution < 1.29 is 19.0 Å². The predicted molar refractivity (Wildman–Crippen MR) is 143 cm³/mol. The van der Waals surface area contributed by atoms with Crippen molar-refractivity contribution in [2.24, 2.45) is 4.99 Å². The number of aromatic nitrogens is 1. The number of anilines is 1. The molecule has 1 aromatic heterocycles. The Kier molecular flexibility index (Phi) is 7.75. The summed E-state index contributed by atoms with van der Waals surface area (Å²) in [5.41, 5.74) is 4.52. The van der Waals surface area contributed by atoms with Crippen LogP contribution in [0.15, 0.2) is 71.9 Å². The highest BCUT2D eigenvalue weighted by Crippen LogP contribution is 2.38. The monoisotopic (exact) mass is 486 g/mol. The summed E-state index contributed by atoms with van der Waals surface area (Å²) in [4.78, 5) is 21.2. The Morgan fingerprint density at radius 2 is 1.69 bits per heavy atom. The molecular formula is C28H30N4O4. The van der Waals surface area contributed by atoms with Crippen LogP contribution in [-0.4, -0.2) is 44.7 Å². The third-order valence-electron chi connectivity index (χ3n) is 5.77. The summed E-state index contributed by atoms with van der Waals surface area (Å²) >= 11 is 0. The van der Waals surface area contributed by atoms with E-state index in [4.69, 9.17) is 14.2 Å². The SMILES string of the molecule is COc1cc(C(=O)NC(=NCCc2c[nH]c3ccccc23)Nc2cccc(C)c2)cc(OC)c1OC. The number of aliphatic imine (C=N–C) groups is 1. The van der Waals surface area contributed by atoms with E-state index >= 15 is 0 Å². The van der Waals surface area contributed by atoms with Gasteiger partial charge in [0.15, 0.2) is 11.5 Å². The number of para-hydroxylation sites is 1. The van der Waals surface area contributed by atoms with Crippen LogP contribution in [0.4, 0.5) is 5.69 Å². The molecule has 0 saturated heterocycles. The Bertz CT molecular complexity index is 1370. The third kappa shape index (κ3) is 5.60. The number of aryl methyl sites for hydroxylation is 1. The Hall–Kier alpha value is -4.46. The summed E-state index contributed by atoms with van der Waals surface area (Å²) in [6, 6.07) is 19.2. The van der Waals surface area contributed by atoms with Crippen LogP contribution in [-0.2, 0) is 6.42 Å². The van der Waals surface area contributed by atoms with E-state index in [1.54, 1.807) is 12.1 Å². The molecule has 36 heavy (non-hydrogen) atoms. The molecule has 1 amide bonds. The van der Waals surface area contributed by atoms with E-state index in [1.165, 1.54) is 32.3 Å². The number of carbonyl (C=O) groups excluding carboxylic acids is 1. The van der Waals surface area contributed by atoms with Crippen LogP contribution >= 0.6 is 0 Å². The molecule has 0 aliphatic rings. The summed E-state index contributed by atoms with van der Waals surface area (Å²) < 4.78 is 16.1. The molecule has 0 fully saturated rings. The molecule has 4 rings (SSSR count). The molecule has 0 spiro atoms. The molecule has 0 atom stereocenters. The van der Waals surface area contributed by atoms with Gasteiger partial charge in [-0.3, -0.25) is 15.1 Å². The molecule has 4 aromatic rings. The van der Waals surface area contributed by atoms with E-state index in [2.05, 4.69) is 26.7 Å². The van der Waals surface area contributed by atoms with Gasteiger partial charge >= 0.3 is 0 Å². The van der Waals surface area contributed by atoms with E-state index in [0.717, 1.165) is 16.8 Å². The number of rotatable bonds is 8. The Morgan fingerprint density at radius 3 is 2.39 bits per heavy atom. The lowest BCUT2D eigenvalue weighted by Gasteiger charge is -2.15. The first-order chi connectivity index (χ1) is 17.5. The highest BCUT2D eigenvalue weighted by Gasteiger charge is 2.18. The van der Waals surface area contributed by atoms with Crippen LogP contribution in [0.5, 0.6) is 17.2 Å². The fourth-order valence-electron chi connectivity index (χ4n) is 3.99. The number of methoxy groups -OCH3 is 3. The quantitative estimate of drug-likeness (QED) is 0.242. The van der Waals surface area contributed by atoms with Gasteiger partial charge in [0.2, 0.25) is 11.7 Å². The summed E-state index contributed by atoms with van der Waals surface area (Å²) in [5.74, 6) is 1.19. The number of nitrogens with zero attached hydrogens (tertiary/aromatic N) is 1. The summed E-state index contributed by atoms with van der Waals surface area (Å²) in [6.07, 6.45) is 2.71. The fourth-order valence-corrected chi connectivity index (χ4v) is 3.99. The van der Waals surface area contributed by atoms with Crippen molar-refractivity contribution >= 4 is 28.5 Å². The van der Waals surface area contributed by atoms with Crippen LogP contribution in [0.25, 0.3) is 10.9 Å². The second-order valence-electron chi connectivity index (χ2n) is 8.20. The van der Waals surface area contributed by atoms with E-state index in [9.17, 15) is 4.79 Å². The maximum Gasteiger partial charge on any atom is 0.258 e. The number of amides is 1. The number of fused-ring (bicyclic) bond motifs is 1. The zero-order chi connectivity index (χ0) is 25.5. The van der Waals surface area contributed by atoms with Gasteiger partial charge in [0, 0.05) is 34.9 Å². The lowest BCUT2D eigenvalue weighted by atomic mass is 10.1. The molecule has 0 bridgehead atoms. The molecule has 186 valence electrons. The first-order valence-corrected chi connectivity index (χ1v) is 11.6. The van der Waals surface area contributed by atoms with E-state index in [-0.39, 0.29) is 5.91 Å². The number of carbonyl (C=O) groups is 1. The first-order valence-electron chi connectivity index (χ1n) is 11.6. The van der Waals surface area contributed by atoms with Gasteiger partial charge in [0.05, 0.1) is 21.3 Å². The van der Waals surface area contributed by atoms with Gasteiger partial charge < -0.3 is 24.5 Å². The molecule has 1 heterocycles. The number of aromatic amines is 1. The Balaban J connectivity index is 1.58. The molecular weight excluding hydrogens is 456 g/mol. The molecule has 8 nitrogen and oxygen atoms in total. The smallest absolute Gasteiger partial charge is 0.258 e. The fraction of sp³-hybridized carbons (Fsp3) is 0.214. The minimum atomic E-state index is -0.361. The lowest BCUT2D eigenvalue weighted by molar-refractivity contribution is 0.0976. The van der Waals surface area contributed by atoms with Gasteiger partial charge in [-0.1, -0.05) is 30.3 Å². The number of guanidine groups is 1. The highest BCUT2D eigenvalue weighted by atomic mass is 16.5. The Labute approximate surface area is 210 Å². The van der Waals surface area contributed by atoms with Crippen molar-refractivity contribution in [1.82, 2.24) is 10.3 Å². The largest absolute Gasteiger partial charge is 0.493 e. The molecule has 0 aliphatic heterocycles. The van der Waals surface area contributed by atoms with Crippen LogP contribution in [0.3, 0.4) is 0 Å². The van der Waals surface area contributed by atoms with E-state index in [0.29, 0.717) is 41.7 Å². The van der Waals surface area contributed by atoms with Crippen LogP contribution in [0, 0.1) is 6.92 Å². The molecule has 0 unspecified atom stereocenters. The number of nitrogens with one attached hydrogen (secondary N) is 3.